The molecule has 5 heteroatoms. The quantitative estimate of drug-likeness (QED) is 0.733. The highest BCUT2D eigenvalue weighted by atomic mass is 35.5. The van der Waals surface area contributed by atoms with Crippen molar-refractivity contribution in [3.63, 3.8) is 0 Å². The van der Waals surface area contributed by atoms with Gasteiger partial charge in [-0.15, -0.1) is 0 Å². The van der Waals surface area contributed by atoms with Crippen LogP contribution in [0.5, 0.6) is 0 Å². The van der Waals surface area contributed by atoms with Crippen molar-refractivity contribution in [3.8, 4) is 0 Å². The maximum absolute atomic E-state index is 8.75. The third-order valence-corrected chi connectivity index (χ3v) is 1.97. The van der Waals surface area contributed by atoms with Crippen LogP contribution < -0.4 is 0 Å². The van der Waals surface area contributed by atoms with Crippen molar-refractivity contribution in [3.05, 3.63) is 23.5 Å². The first-order valence-electron chi connectivity index (χ1n) is 3.90. The van der Waals surface area contributed by atoms with E-state index in [1.807, 2.05) is 6.07 Å². The summed E-state index contributed by atoms with van der Waals surface area (Å²) in [4.78, 5) is 4.11. The minimum Gasteiger partial charge on any atom is -0.394 e. The molecule has 0 bridgehead atoms. The van der Waals surface area contributed by atoms with Crippen molar-refractivity contribution < 1.29 is 5.11 Å². The molecule has 0 unspecified atom stereocenters. The summed E-state index contributed by atoms with van der Waals surface area (Å²) in [6.07, 6.45) is 1.70. The van der Waals surface area contributed by atoms with Gasteiger partial charge < -0.3 is 5.11 Å². The van der Waals surface area contributed by atoms with E-state index >= 15 is 0 Å². The Bertz CT molecular complexity index is 426. The molecule has 4 nitrogen and oxygen atoms in total. The number of hydrogen-bond acceptors (Lipinski definition) is 3. The molecule has 0 aromatic carbocycles. The zero-order valence-electron chi connectivity index (χ0n) is 6.81. The van der Waals surface area contributed by atoms with Crippen molar-refractivity contribution >= 4 is 22.6 Å². The van der Waals surface area contributed by atoms with E-state index in [0.29, 0.717) is 17.3 Å². The number of nitrogens with zero attached hydrogens (tertiary/aromatic N) is 3. The molecule has 0 saturated heterocycles. The lowest BCUT2D eigenvalue weighted by molar-refractivity contribution is 0.271. The molecular formula is C8H8ClN3O. The molecule has 0 aliphatic carbocycles. The Hall–Kier alpha value is -1.13. The first kappa shape index (κ1) is 8.47. The van der Waals surface area contributed by atoms with Gasteiger partial charge in [-0.1, -0.05) is 11.6 Å². The lowest BCUT2D eigenvalue weighted by atomic mass is 10.4. The van der Waals surface area contributed by atoms with E-state index in [-0.39, 0.29) is 6.61 Å². The normalized spacial score (nSPS) is 10.9. The van der Waals surface area contributed by atoms with Gasteiger partial charge in [-0.3, -0.25) is 0 Å². The number of rotatable bonds is 2. The molecule has 0 aliphatic heterocycles. The first-order valence-corrected chi connectivity index (χ1v) is 4.28. The third kappa shape index (κ3) is 1.50. The Kier molecular flexibility index (Phi) is 2.16. The van der Waals surface area contributed by atoms with Gasteiger partial charge in [0.2, 0.25) is 0 Å². The Morgan fingerprint density at radius 1 is 1.46 bits per heavy atom. The van der Waals surface area contributed by atoms with Crippen molar-refractivity contribution in [1.82, 2.24) is 14.8 Å². The molecule has 0 atom stereocenters. The van der Waals surface area contributed by atoms with E-state index in [2.05, 4.69) is 10.1 Å². The monoisotopic (exact) mass is 197 g/mol. The van der Waals surface area contributed by atoms with E-state index in [1.54, 1.807) is 16.9 Å². The molecule has 0 radical (unpaired) electrons. The summed E-state index contributed by atoms with van der Waals surface area (Å²) in [6.45, 7) is 0.488. The average molecular weight is 198 g/mol. The molecule has 0 aliphatic rings. The van der Waals surface area contributed by atoms with Crippen LogP contribution in [-0.2, 0) is 6.54 Å². The largest absolute Gasteiger partial charge is 0.394 e. The van der Waals surface area contributed by atoms with E-state index in [1.165, 1.54) is 0 Å². The van der Waals surface area contributed by atoms with E-state index in [4.69, 9.17) is 16.7 Å². The van der Waals surface area contributed by atoms with E-state index in [9.17, 15) is 0 Å². The third-order valence-electron chi connectivity index (χ3n) is 1.76. The number of aliphatic hydroxyl groups excluding tert-OH is 1. The van der Waals surface area contributed by atoms with Crippen LogP contribution in [0.25, 0.3) is 11.0 Å². The standard InChI is InChI=1S/C8H8ClN3O/c9-7-2-1-6-5-10-12(3-4-13)8(6)11-7/h1-2,5,13H,3-4H2. The zero-order chi connectivity index (χ0) is 9.26. The summed E-state index contributed by atoms with van der Waals surface area (Å²) >= 11 is 5.73. The lowest BCUT2D eigenvalue weighted by Gasteiger charge is -1.98. The number of fused-ring (bicyclic) bond motifs is 1. The van der Waals surface area contributed by atoms with Crippen LogP contribution in [-0.4, -0.2) is 26.5 Å². The molecule has 0 spiro atoms. The summed E-state index contributed by atoms with van der Waals surface area (Å²) in [5.74, 6) is 0. The fourth-order valence-corrected chi connectivity index (χ4v) is 1.33. The molecule has 0 fully saturated rings. The molecule has 2 aromatic rings. The van der Waals surface area contributed by atoms with Crippen LogP contribution >= 0.6 is 11.6 Å². The smallest absolute Gasteiger partial charge is 0.159 e. The van der Waals surface area contributed by atoms with Crippen molar-refractivity contribution in [2.24, 2.45) is 0 Å². The summed E-state index contributed by atoms with van der Waals surface area (Å²) in [5.41, 5.74) is 0.710. The number of pyridine rings is 1. The second-order valence-electron chi connectivity index (χ2n) is 2.64. The fourth-order valence-electron chi connectivity index (χ4n) is 1.19. The fraction of sp³-hybridized carbons (Fsp3) is 0.250. The molecule has 2 aromatic heterocycles. The zero-order valence-corrected chi connectivity index (χ0v) is 7.57. The van der Waals surface area contributed by atoms with Gasteiger partial charge in [0.25, 0.3) is 0 Å². The van der Waals surface area contributed by atoms with E-state index < -0.39 is 0 Å². The molecule has 2 rings (SSSR count). The van der Waals surface area contributed by atoms with Crippen LogP contribution in [0.3, 0.4) is 0 Å². The van der Waals surface area contributed by atoms with Crippen LogP contribution in [0.1, 0.15) is 0 Å². The Labute approximate surface area is 79.8 Å². The summed E-state index contributed by atoms with van der Waals surface area (Å²) in [5, 5.41) is 14.2. The Morgan fingerprint density at radius 2 is 2.31 bits per heavy atom. The predicted octanol–water partition coefficient (Wildman–Crippen LogP) is 1.08. The number of aromatic nitrogens is 3. The van der Waals surface area contributed by atoms with Gasteiger partial charge in [-0.2, -0.15) is 5.10 Å². The molecule has 0 saturated carbocycles. The van der Waals surface area contributed by atoms with Gasteiger partial charge in [0.05, 0.1) is 19.3 Å². The predicted molar refractivity (Wildman–Crippen MR) is 49.6 cm³/mol. The maximum Gasteiger partial charge on any atom is 0.159 e. The van der Waals surface area contributed by atoms with Gasteiger partial charge in [-0.05, 0) is 12.1 Å². The van der Waals surface area contributed by atoms with Gasteiger partial charge >= 0.3 is 0 Å². The van der Waals surface area contributed by atoms with Crippen LogP contribution in [0, 0.1) is 0 Å². The highest BCUT2D eigenvalue weighted by Crippen LogP contribution is 2.14. The van der Waals surface area contributed by atoms with Crippen molar-refractivity contribution in [1.29, 1.82) is 0 Å². The highest BCUT2D eigenvalue weighted by molar-refractivity contribution is 6.29. The summed E-state index contributed by atoms with van der Waals surface area (Å²) < 4.78 is 1.63. The Balaban J connectivity index is 2.58. The minimum absolute atomic E-state index is 0.0466. The molecule has 0 amide bonds. The summed E-state index contributed by atoms with van der Waals surface area (Å²) in [7, 11) is 0. The number of halogens is 1. The van der Waals surface area contributed by atoms with Crippen LogP contribution in [0.4, 0.5) is 0 Å². The van der Waals surface area contributed by atoms with Crippen molar-refractivity contribution in [2.45, 2.75) is 6.54 Å². The minimum atomic E-state index is 0.0466. The molecule has 2 heterocycles. The topological polar surface area (TPSA) is 50.9 Å². The summed E-state index contributed by atoms with van der Waals surface area (Å²) in [6, 6.07) is 3.57. The first-order chi connectivity index (χ1) is 6.31. The molecule has 1 N–H and O–H groups in total. The van der Waals surface area contributed by atoms with Gasteiger partial charge in [0.15, 0.2) is 5.65 Å². The van der Waals surface area contributed by atoms with Crippen LogP contribution in [0.15, 0.2) is 18.3 Å². The average Bonchev–Trinajstić information content (AvgIpc) is 2.49. The lowest BCUT2D eigenvalue weighted by Crippen LogP contribution is -2.04. The van der Waals surface area contributed by atoms with Gasteiger partial charge in [0.1, 0.15) is 5.15 Å². The second kappa shape index (κ2) is 3.32. The highest BCUT2D eigenvalue weighted by Gasteiger charge is 2.03. The second-order valence-corrected chi connectivity index (χ2v) is 3.03. The SMILES string of the molecule is OCCn1ncc2ccc(Cl)nc21. The van der Waals surface area contributed by atoms with Gasteiger partial charge in [-0.25, -0.2) is 9.67 Å². The molecular weight excluding hydrogens is 190 g/mol. The number of hydrogen-bond donors (Lipinski definition) is 1. The van der Waals surface area contributed by atoms with E-state index in [0.717, 1.165) is 5.39 Å². The van der Waals surface area contributed by atoms with Crippen LogP contribution in [0.2, 0.25) is 5.15 Å². The van der Waals surface area contributed by atoms with Gasteiger partial charge in [0, 0.05) is 5.39 Å². The Morgan fingerprint density at radius 3 is 3.08 bits per heavy atom. The number of aliphatic hydroxyl groups is 1. The molecule has 13 heavy (non-hydrogen) atoms. The molecule has 68 valence electrons. The maximum atomic E-state index is 8.75. The van der Waals surface area contributed by atoms with Crippen molar-refractivity contribution in [2.75, 3.05) is 6.61 Å².